The molecule has 0 atom stereocenters. The van der Waals surface area contributed by atoms with Crippen molar-refractivity contribution in [1.82, 2.24) is 0 Å². The topological polar surface area (TPSA) is 49.4 Å². The number of hydrogen-bond acceptors (Lipinski definition) is 3. The van der Waals surface area contributed by atoms with Crippen LogP contribution in [0.25, 0.3) is 0 Å². The molecule has 0 N–H and O–H groups in total. The van der Waals surface area contributed by atoms with Crippen molar-refractivity contribution in [2.24, 2.45) is 0 Å². The Labute approximate surface area is 139 Å². The molecule has 0 radical (unpaired) electrons. The summed E-state index contributed by atoms with van der Waals surface area (Å²) in [7, 11) is 0. The fourth-order valence-electron chi connectivity index (χ4n) is 1.53. The zero-order valence-corrected chi connectivity index (χ0v) is 13.4. The first-order valence-electron chi connectivity index (χ1n) is 4.94. The number of aliphatic carboxylic acids is 1. The van der Waals surface area contributed by atoms with Crippen molar-refractivity contribution in [3.8, 4) is 5.75 Å². The van der Waals surface area contributed by atoms with Gasteiger partial charge in [-0.3, -0.25) is 0 Å². The first-order chi connectivity index (χ1) is 7.00. The Morgan fingerprint density at radius 3 is 2.50 bits per heavy atom. The van der Waals surface area contributed by atoms with E-state index in [1.165, 1.54) is 5.56 Å². The van der Waals surface area contributed by atoms with E-state index in [-0.39, 0.29) is 51.4 Å². The van der Waals surface area contributed by atoms with Gasteiger partial charge in [-0.1, -0.05) is 19.9 Å². The van der Waals surface area contributed by atoms with E-state index in [2.05, 4.69) is 13.8 Å². The average Bonchev–Trinajstić information content (AvgIpc) is 2.14. The molecule has 0 aliphatic carbocycles. The standard InChI is InChI=1S/C12H16O3.K/c1-8(2)11-5-4-10(6-9(11)3)15-7-12(13)14;/h4-6,8H,7H2,1-3H3,(H,13,14);/q;+1/p-1. The van der Waals surface area contributed by atoms with Crippen LogP contribution in [0.1, 0.15) is 30.9 Å². The summed E-state index contributed by atoms with van der Waals surface area (Å²) in [5.41, 5.74) is 2.36. The predicted octanol–water partition coefficient (Wildman–Crippen LogP) is -1.75. The van der Waals surface area contributed by atoms with E-state index in [1.807, 2.05) is 19.1 Å². The maximum absolute atomic E-state index is 10.2. The molecule has 82 valence electrons. The molecule has 0 saturated carbocycles. The summed E-state index contributed by atoms with van der Waals surface area (Å²) in [6.07, 6.45) is 0. The van der Waals surface area contributed by atoms with Gasteiger partial charge in [-0.25, -0.2) is 0 Å². The first-order valence-corrected chi connectivity index (χ1v) is 4.94. The molecular weight excluding hydrogens is 231 g/mol. The number of carbonyl (C=O) groups excluding carboxylic acids is 1. The Morgan fingerprint density at radius 2 is 2.06 bits per heavy atom. The largest absolute Gasteiger partial charge is 1.00 e. The van der Waals surface area contributed by atoms with Crippen LogP contribution < -0.4 is 61.2 Å². The van der Waals surface area contributed by atoms with Gasteiger partial charge in [0.25, 0.3) is 0 Å². The molecular formula is C12H15KO3. The van der Waals surface area contributed by atoms with Gasteiger partial charge in [0.1, 0.15) is 12.4 Å². The molecule has 0 aliphatic rings. The minimum atomic E-state index is -1.21. The summed E-state index contributed by atoms with van der Waals surface area (Å²) < 4.78 is 5.02. The number of rotatable bonds is 4. The number of hydrogen-bond donors (Lipinski definition) is 0. The molecule has 3 nitrogen and oxygen atoms in total. The Balaban J connectivity index is 0.00000225. The van der Waals surface area contributed by atoms with Gasteiger partial charge in [-0.05, 0) is 36.1 Å². The van der Waals surface area contributed by atoms with E-state index in [0.29, 0.717) is 11.7 Å². The zero-order chi connectivity index (χ0) is 11.4. The van der Waals surface area contributed by atoms with Gasteiger partial charge >= 0.3 is 51.4 Å². The van der Waals surface area contributed by atoms with Crippen LogP contribution in [0, 0.1) is 6.92 Å². The Morgan fingerprint density at radius 1 is 1.44 bits per heavy atom. The van der Waals surface area contributed by atoms with Crippen LogP contribution in [0.4, 0.5) is 0 Å². The van der Waals surface area contributed by atoms with Crippen molar-refractivity contribution in [2.75, 3.05) is 6.61 Å². The average molecular weight is 246 g/mol. The van der Waals surface area contributed by atoms with Crippen LogP contribution >= 0.6 is 0 Å². The van der Waals surface area contributed by atoms with Gasteiger partial charge < -0.3 is 14.6 Å². The third-order valence-electron chi connectivity index (χ3n) is 2.22. The van der Waals surface area contributed by atoms with E-state index in [4.69, 9.17) is 4.74 Å². The van der Waals surface area contributed by atoms with E-state index in [0.717, 1.165) is 5.56 Å². The Bertz CT molecular complexity index is 361. The molecule has 1 rings (SSSR count). The predicted molar refractivity (Wildman–Crippen MR) is 55.8 cm³/mol. The Kier molecular flexibility index (Phi) is 7.51. The van der Waals surface area contributed by atoms with Crippen LogP contribution in [-0.4, -0.2) is 12.6 Å². The third kappa shape index (κ3) is 4.97. The summed E-state index contributed by atoms with van der Waals surface area (Å²) in [4.78, 5) is 10.2. The van der Waals surface area contributed by atoms with E-state index >= 15 is 0 Å². The molecule has 1 aromatic carbocycles. The van der Waals surface area contributed by atoms with Crippen molar-refractivity contribution < 1.29 is 66.0 Å². The first kappa shape index (κ1) is 16.1. The fraction of sp³-hybridized carbons (Fsp3) is 0.417. The quantitative estimate of drug-likeness (QED) is 0.592. The van der Waals surface area contributed by atoms with Crippen molar-refractivity contribution in [1.29, 1.82) is 0 Å². The molecule has 0 heterocycles. The molecule has 0 unspecified atom stereocenters. The number of carboxylic acid groups (broad SMARTS) is 1. The second kappa shape index (κ2) is 7.45. The molecule has 0 spiro atoms. The van der Waals surface area contributed by atoms with E-state index in [1.54, 1.807) is 6.07 Å². The second-order valence-corrected chi connectivity index (χ2v) is 3.83. The number of aryl methyl sites for hydroxylation is 1. The van der Waals surface area contributed by atoms with Crippen molar-refractivity contribution >= 4 is 5.97 Å². The summed E-state index contributed by atoms with van der Waals surface area (Å²) in [5, 5.41) is 10.2. The molecule has 0 aliphatic heterocycles. The number of carboxylic acids is 1. The molecule has 0 saturated heterocycles. The van der Waals surface area contributed by atoms with Crippen LogP contribution in [-0.2, 0) is 4.79 Å². The van der Waals surface area contributed by atoms with Gasteiger partial charge in [0.05, 0.1) is 5.97 Å². The maximum atomic E-state index is 10.2. The summed E-state index contributed by atoms with van der Waals surface area (Å²) in [6.45, 7) is 5.82. The minimum absolute atomic E-state index is 0. The molecule has 4 heteroatoms. The molecule has 0 bridgehead atoms. The molecule has 1 aromatic rings. The van der Waals surface area contributed by atoms with Crippen LogP contribution in [0.3, 0.4) is 0 Å². The Hall–Kier alpha value is 0.126. The SMILES string of the molecule is Cc1cc(OCC(=O)[O-])ccc1C(C)C.[K+]. The fourth-order valence-corrected chi connectivity index (χ4v) is 1.53. The maximum Gasteiger partial charge on any atom is 1.00 e. The molecule has 0 fully saturated rings. The third-order valence-corrected chi connectivity index (χ3v) is 2.22. The van der Waals surface area contributed by atoms with Gasteiger partial charge in [-0.15, -0.1) is 0 Å². The van der Waals surface area contributed by atoms with Crippen molar-refractivity contribution in [3.05, 3.63) is 29.3 Å². The van der Waals surface area contributed by atoms with Crippen molar-refractivity contribution in [3.63, 3.8) is 0 Å². The van der Waals surface area contributed by atoms with E-state index < -0.39 is 12.6 Å². The smallest absolute Gasteiger partial charge is 0.546 e. The van der Waals surface area contributed by atoms with Crippen LogP contribution in [0.2, 0.25) is 0 Å². The normalized spacial score (nSPS) is 9.75. The monoisotopic (exact) mass is 246 g/mol. The summed E-state index contributed by atoms with van der Waals surface area (Å²) in [5.74, 6) is -0.179. The summed E-state index contributed by atoms with van der Waals surface area (Å²) >= 11 is 0. The summed E-state index contributed by atoms with van der Waals surface area (Å²) in [6, 6.07) is 5.59. The van der Waals surface area contributed by atoms with E-state index in [9.17, 15) is 9.90 Å². The van der Waals surface area contributed by atoms with Gasteiger partial charge in [0.15, 0.2) is 0 Å². The van der Waals surface area contributed by atoms with Crippen molar-refractivity contribution in [2.45, 2.75) is 26.7 Å². The molecule has 16 heavy (non-hydrogen) atoms. The van der Waals surface area contributed by atoms with Crippen LogP contribution in [0.15, 0.2) is 18.2 Å². The molecule has 0 amide bonds. The number of ether oxygens (including phenoxy) is 1. The minimum Gasteiger partial charge on any atom is -0.546 e. The van der Waals surface area contributed by atoms with Gasteiger partial charge in [0, 0.05) is 0 Å². The zero-order valence-electron chi connectivity index (χ0n) is 10.2. The molecule has 0 aromatic heterocycles. The second-order valence-electron chi connectivity index (χ2n) is 3.83. The van der Waals surface area contributed by atoms with Crippen LogP contribution in [0.5, 0.6) is 5.75 Å². The number of carbonyl (C=O) groups is 1. The van der Waals surface area contributed by atoms with Gasteiger partial charge in [0.2, 0.25) is 0 Å². The van der Waals surface area contributed by atoms with Gasteiger partial charge in [-0.2, -0.15) is 0 Å². The number of benzene rings is 1.